The number of benzene rings is 1. The van der Waals surface area contributed by atoms with E-state index in [2.05, 4.69) is 10.4 Å². The molecule has 1 fully saturated rings. The standard InChI is InChI=1S/C21H29N5O3/c1-21(2,3)29-20(28)26-11-10-18(14-26)25(5)19(27)23-17-8-6-15(7-9-17)16-12-22-24(4)13-16/h6-9,12-13,18H,10-11,14H2,1-5H3,(H,23,27)/t18-/m1/s1. The number of amides is 3. The van der Waals surface area contributed by atoms with Crippen molar-refractivity contribution >= 4 is 17.8 Å². The van der Waals surface area contributed by atoms with Crippen LogP contribution in [0.2, 0.25) is 0 Å². The molecule has 0 unspecified atom stereocenters. The van der Waals surface area contributed by atoms with Gasteiger partial charge in [-0.05, 0) is 44.9 Å². The molecule has 1 N–H and O–H groups in total. The summed E-state index contributed by atoms with van der Waals surface area (Å²) >= 11 is 0. The van der Waals surface area contributed by atoms with Gasteiger partial charge in [0.15, 0.2) is 0 Å². The van der Waals surface area contributed by atoms with Gasteiger partial charge in [-0.1, -0.05) is 12.1 Å². The van der Waals surface area contributed by atoms with E-state index in [9.17, 15) is 9.59 Å². The van der Waals surface area contributed by atoms with Gasteiger partial charge < -0.3 is 19.9 Å². The van der Waals surface area contributed by atoms with Crippen LogP contribution >= 0.6 is 0 Å². The van der Waals surface area contributed by atoms with Crippen LogP contribution in [0.5, 0.6) is 0 Å². The summed E-state index contributed by atoms with van der Waals surface area (Å²) in [7, 11) is 3.63. The van der Waals surface area contributed by atoms with Crippen LogP contribution in [-0.2, 0) is 11.8 Å². The highest BCUT2D eigenvalue weighted by atomic mass is 16.6. The number of hydrogen-bond donors (Lipinski definition) is 1. The molecule has 0 saturated carbocycles. The Balaban J connectivity index is 1.55. The molecule has 1 aliphatic rings. The zero-order valence-corrected chi connectivity index (χ0v) is 17.7. The first-order valence-electron chi connectivity index (χ1n) is 9.73. The second kappa shape index (κ2) is 8.14. The molecule has 29 heavy (non-hydrogen) atoms. The molecule has 1 atom stereocenters. The zero-order chi connectivity index (χ0) is 21.2. The molecule has 8 heteroatoms. The van der Waals surface area contributed by atoms with Gasteiger partial charge in [-0.25, -0.2) is 9.59 Å². The lowest BCUT2D eigenvalue weighted by Gasteiger charge is -2.27. The van der Waals surface area contributed by atoms with Gasteiger partial charge in [-0.15, -0.1) is 0 Å². The number of nitrogens with zero attached hydrogens (tertiary/aromatic N) is 4. The molecule has 1 aromatic carbocycles. The lowest BCUT2D eigenvalue weighted by molar-refractivity contribution is 0.0285. The fourth-order valence-corrected chi connectivity index (χ4v) is 3.24. The first-order valence-corrected chi connectivity index (χ1v) is 9.73. The lowest BCUT2D eigenvalue weighted by Crippen LogP contribution is -2.43. The number of likely N-dealkylation sites (N-methyl/N-ethyl adjacent to an activating group) is 1. The SMILES string of the molecule is CN(C(=O)Nc1ccc(-c2cnn(C)c2)cc1)[C@@H]1CCN(C(=O)OC(C)(C)C)C1. The number of urea groups is 1. The van der Waals surface area contributed by atoms with E-state index in [0.29, 0.717) is 13.1 Å². The van der Waals surface area contributed by atoms with Crippen LogP contribution in [0.25, 0.3) is 11.1 Å². The molecule has 0 aliphatic carbocycles. The zero-order valence-electron chi connectivity index (χ0n) is 17.7. The smallest absolute Gasteiger partial charge is 0.410 e. The van der Waals surface area contributed by atoms with E-state index in [1.165, 1.54) is 0 Å². The number of carbonyl (C=O) groups excluding carboxylic acids is 2. The van der Waals surface area contributed by atoms with Crippen LogP contribution in [0.3, 0.4) is 0 Å². The molecule has 2 heterocycles. The van der Waals surface area contributed by atoms with Crippen LogP contribution in [0, 0.1) is 0 Å². The number of ether oxygens (including phenoxy) is 1. The predicted molar refractivity (Wildman–Crippen MR) is 112 cm³/mol. The fraction of sp³-hybridized carbons (Fsp3) is 0.476. The largest absolute Gasteiger partial charge is 0.444 e. The third-order valence-corrected chi connectivity index (χ3v) is 4.86. The quantitative estimate of drug-likeness (QED) is 0.856. The highest BCUT2D eigenvalue weighted by molar-refractivity contribution is 5.89. The summed E-state index contributed by atoms with van der Waals surface area (Å²) in [5.74, 6) is 0. The Morgan fingerprint density at radius 1 is 1.21 bits per heavy atom. The molecule has 2 aromatic rings. The summed E-state index contributed by atoms with van der Waals surface area (Å²) in [5.41, 5.74) is 2.25. The molecular formula is C21H29N5O3. The molecule has 3 amide bonds. The Labute approximate surface area is 171 Å². The molecule has 0 spiro atoms. The van der Waals surface area contributed by atoms with E-state index < -0.39 is 5.60 Å². The van der Waals surface area contributed by atoms with Crippen LogP contribution in [0.1, 0.15) is 27.2 Å². The normalized spacial score (nSPS) is 16.6. The van der Waals surface area contributed by atoms with Crippen LogP contribution < -0.4 is 5.32 Å². The van der Waals surface area contributed by atoms with Gasteiger partial charge in [-0.3, -0.25) is 4.68 Å². The summed E-state index contributed by atoms with van der Waals surface area (Å²) in [6.45, 7) is 6.59. The Bertz CT molecular complexity index is 869. The van der Waals surface area contributed by atoms with Crippen LogP contribution in [0.4, 0.5) is 15.3 Å². The number of hydrogen-bond acceptors (Lipinski definition) is 4. The van der Waals surface area contributed by atoms with Crippen molar-refractivity contribution in [3.63, 3.8) is 0 Å². The molecule has 156 valence electrons. The van der Waals surface area contributed by atoms with E-state index in [-0.39, 0.29) is 18.2 Å². The Kier molecular flexibility index (Phi) is 5.81. The first kappa shape index (κ1) is 20.7. The second-order valence-corrected chi connectivity index (χ2v) is 8.39. The monoisotopic (exact) mass is 399 g/mol. The number of aromatic nitrogens is 2. The average molecular weight is 399 g/mol. The number of rotatable bonds is 3. The molecule has 8 nitrogen and oxygen atoms in total. The van der Waals surface area contributed by atoms with Crippen molar-refractivity contribution < 1.29 is 14.3 Å². The number of aryl methyl sites for hydroxylation is 1. The van der Waals surface area contributed by atoms with Crippen molar-refractivity contribution in [2.75, 3.05) is 25.5 Å². The van der Waals surface area contributed by atoms with E-state index >= 15 is 0 Å². The second-order valence-electron chi connectivity index (χ2n) is 8.39. The van der Waals surface area contributed by atoms with E-state index in [4.69, 9.17) is 4.74 Å². The molecule has 1 aliphatic heterocycles. The number of anilines is 1. The van der Waals surface area contributed by atoms with E-state index in [1.54, 1.807) is 27.7 Å². The van der Waals surface area contributed by atoms with Gasteiger partial charge in [0.1, 0.15) is 5.60 Å². The number of carbonyl (C=O) groups is 2. The van der Waals surface area contributed by atoms with Crippen molar-refractivity contribution in [3.05, 3.63) is 36.7 Å². The highest BCUT2D eigenvalue weighted by Gasteiger charge is 2.33. The van der Waals surface area contributed by atoms with Crippen LogP contribution in [-0.4, -0.2) is 63.5 Å². The third kappa shape index (κ3) is 5.28. The van der Waals surface area contributed by atoms with E-state index in [0.717, 1.165) is 23.2 Å². The summed E-state index contributed by atoms with van der Waals surface area (Å²) < 4.78 is 7.17. The van der Waals surface area contributed by atoms with Crippen molar-refractivity contribution in [3.8, 4) is 11.1 Å². The molecule has 1 saturated heterocycles. The first-order chi connectivity index (χ1) is 13.6. The third-order valence-electron chi connectivity index (χ3n) is 4.86. The molecule has 1 aromatic heterocycles. The predicted octanol–water partition coefficient (Wildman–Crippen LogP) is 3.56. The maximum Gasteiger partial charge on any atom is 0.410 e. The minimum atomic E-state index is -0.527. The summed E-state index contributed by atoms with van der Waals surface area (Å²) in [5, 5.41) is 7.09. The highest BCUT2D eigenvalue weighted by Crippen LogP contribution is 2.22. The molecule has 3 rings (SSSR count). The van der Waals surface area contributed by atoms with Crippen molar-refractivity contribution in [1.82, 2.24) is 19.6 Å². The Hall–Kier alpha value is -3.03. The molecule has 0 bridgehead atoms. The minimum Gasteiger partial charge on any atom is -0.444 e. The summed E-state index contributed by atoms with van der Waals surface area (Å²) in [6, 6.07) is 7.40. The van der Waals surface area contributed by atoms with Crippen LogP contribution in [0.15, 0.2) is 36.7 Å². The van der Waals surface area contributed by atoms with Crippen molar-refractivity contribution in [2.24, 2.45) is 7.05 Å². The fourth-order valence-electron chi connectivity index (χ4n) is 3.24. The lowest BCUT2D eigenvalue weighted by atomic mass is 10.1. The summed E-state index contributed by atoms with van der Waals surface area (Å²) in [4.78, 5) is 28.2. The maximum atomic E-state index is 12.6. The number of likely N-dealkylation sites (tertiary alicyclic amines) is 1. The van der Waals surface area contributed by atoms with Gasteiger partial charge in [0.25, 0.3) is 0 Å². The van der Waals surface area contributed by atoms with Gasteiger partial charge in [-0.2, -0.15) is 5.10 Å². The van der Waals surface area contributed by atoms with Crippen molar-refractivity contribution in [1.29, 1.82) is 0 Å². The van der Waals surface area contributed by atoms with Gasteiger partial charge >= 0.3 is 12.1 Å². The van der Waals surface area contributed by atoms with Gasteiger partial charge in [0.2, 0.25) is 0 Å². The maximum absolute atomic E-state index is 12.6. The molecular weight excluding hydrogens is 370 g/mol. The average Bonchev–Trinajstić information content (AvgIpc) is 3.29. The minimum absolute atomic E-state index is 0.0443. The Morgan fingerprint density at radius 2 is 1.90 bits per heavy atom. The topological polar surface area (TPSA) is 79.7 Å². The van der Waals surface area contributed by atoms with Gasteiger partial charge in [0.05, 0.1) is 12.2 Å². The van der Waals surface area contributed by atoms with Gasteiger partial charge in [0, 0.05) is 44.6 Å². The number of nitrogens with one attached hydrogen (secondary N) is 1. The van der Waals surface area contributed by atoms with E-state index in [1.807, 2.05) is 58.3 Å². The summed E-state index contributed by atoms with van der Waals surface area (Å²) in [6.07, 6.45) is 4.14. The van der Waals surface area contributed by atoms with Crippen molar-refractivity contribution in [2.45, 2.75) is 38.8 Å². The molecule has 0 radical (unpaired) electrons. The Morgan fingerprint density at radius 3 is 2.48 bits per heavy atom.